The van der Waals surface area contributed by atoms with E-state index < -0.39 is 5.97 Å². The van der Waals surface area contributed by atoms with E-state index in [-0.39, 0.29) is 29.9 Å². The molecule has 0 amide bonds. The number of rotatable bonds is 8. The summed E-state index contributed by atoms with van der Waals surface area (Å²) in [7, 11) is 0. The third-order valence-electron chi connectivity index (χ3n) is 5.39. The number of carbonyl (C=O) groups excluding carboxylic acids is 4. The van der Waals surface area contributed by atoms with Crippen LogP contribution in [0, 0.1) is 0 Å². The van der Waals surface area contributed by atoms with Gasteiger partial charge in [-0.25, -0.2) is 4.79 Å². The number of oxime groups is 1. The molecule has 0 unspecified atom stereocenters. The van der Waals surface area contributed by atoms with Crippen molar-refractivity contribution in [2.75, 3.05) is 6.61 Å². The third-order valence-corrected chi connectivity index (χ3v) is 6.26. The first-order chi connectivity index (χ1) is 16.8. The Morgan fingerprint density at radius 1 is 0.886 bits per heavy atom. The maximum absolute atomic E-state index is 13.0. The van der Waals surface area contributed by atoms with Crippen LogP contribution >= 0.6 is 11.3 Å². The molecule has 4 rings (SSSR count). The fourth-order valence-corrected chi connectivity index (χ4v) is 4.53. The van der Waals surface area contributed by atoms with Crippen LogP contribution < -0.4 is 0 Å². The number of Topliss-reactive ketones (excluding diaryl/α,β-unsaturated/α-hetero) is 1. The van der Waals surface area contributed by atoms with Crippen molar-refractivity contribution in [2.24, 2.45) is 5.16 Å². The van der Waals surface area contributed by atoms with Gasteiger partial charge in [-0.2, -0.15) is 0 Å². The second-order valence-electron chi connectivity index (χ2n) is 7.85. The first kappa shape index (κ1) is 24.0. The molecule has 0 aliphatic heterocycles. The van der Waals surface area contributed by atoms with E-state index in [1.165, 1.54) is 32.1 Å². The van der Waals surface area contributed by atoms with Crippen molar-refractivity contribution in [2.45, 2.75) is 27.3 Å². The van der Waals surface area contributed by atoms with E-state index in [0.717, 1.165) is 21.8 Å². The minimum Gasteiger partial charge on any atom is -0.464 e. The van der Waals surface area contributed by atoms with E-state index >= 15 is 0 Å². The van der Waals surface area contributed by atoms with Crippen molar-refractivity contribution >= 4 is 62.4 Å². The van der Waals surface area contributed by atoms with Crippen LogP contribution in [0.25, 0.3) is 21.8 Å². The predicted octanol–water partition coefficient (Wildman–Crippen LogP) is 4.77. The average molecular weight is 491 g/mol. The predicted molar refractivity (Wildman–Crippen MR) is 133 cm³/mol. The van der Waals surface area contributed by atoms with Gasteiger partial charge in [0.2, 0.25) is 11.6 Å². The Bertz CT molecular complexity index is 1500. The summed E-state index contributed by atoms with van der Waals surface area (Å²) in [5.41, 5.74) is 2.58. The number of hydrogen-bond acceptors (Lipinski definition) is 8. The van der Waals surface area contributed by atoms with Gasteiger partial charge in [0.15, 0.2) is 0 Å². The quantitative estimate of drug-likeness (QED) is 0.116. The molecule has 0 N–H and O–H groups in total. The lowest BCUT2D eigenvalue weighted by molar-refractivity contribution is -0.142. The number of thiophene rings is 1. The molecule has 2 aromatic heterocycles. The molecule has 0 spiro atoms. The van der Waals surface area contributed by atoms with Crippen molar-refractivity contribution < 1.29 is 28.8 Å². The molecule has 35 heavy (non-hydrogen) atoms. The average Bonchev–Trinajstić information content (AvgIpc) is 3.48. The number of benzene rings is 2. The summed E-state index contributed by atoms with van der Waals surface area (Å²) in [6, 6.07) is 14.3. The van der Waals surface area contributed by atoms with Gasteiger partial charge in [-0.3, -0.25) is 14.4 Å². The number of nitrogens with zero attached hydrogens (tertiary/aromatic N) is 2. The summed E-state index contributed by atoms with van der Waals surface area (Å²) in [4.78, 5) is 53.4. The number of aromatic nitrogens is 1. The minimum atomic E-state index is -0.619. The molecule has 0 bridgehead atoms. The van der Waals surface area contributed by atoms with Crippen molar-refractivity contribution in [3.63, 3.8) is 0 Å². The van der Waals surface area contributed by atoms with Gasteiger partial charge in [0.1, 0.15) is 12.3 Å². The van der Waals surface area contributed by atoms with Crippen LogP contribution in [0.2, 0.25) is 0 Å². The molecule has 0 atom stereocenters. The molecule has 0 fully saturated rings. The van der Waals surface area contributed by atoms with E-state index in [4.69, 9.17) is 4.74 Å². The Kier molecular flexibility index (Phi) is 6.88. The molecule has 9 heteroatoms. The van der Waals surface area contributed by atoms with Gasteiger partial charge in [0, 0.05) is 46.8 Å². The number of esters is 1. The Hall–Kier alpha value is -4.11. The zero-order chi connectivity index (χ0) is 25.1. The minimum absolute atomic E-state index is 0.0340. The van der Waals surface area contributed by atoms with Gasteiger partial charge >= 0.3 is 11.9 Å². The summed E-state index contributed by atoms with van der Waals surface area (Å²) in [5.74, 6) is -1.46. The van der Waals surface area contributed by atoms with Crippen molar-refractivity contribution in [3.05, 3.63) is 69.9 Å². The zero-order valence-electron chi connectivity index (χ0n) is 19.4. The van der Waals surface area contributed by atoms with Gasteiger partial charge in [0.25, 0.3) is 0 Å². The summed E-state index contributed by atoms with van der Waals surface area (Å²) in [5, 5.41) is 6.99. The molecular formula is C26H22N2O6S. The van der Waals surface area contributed by atoms with Crippen molar-refractivity contribution in [1.82, 2.24) is 4.57 Å². The summed E-state index contributed by atoms with van der Waals surface area (Å²) in [6.45, 7) is 4.60. The molecule has 8 nitrogen and oxygen atoms in total. The van der Waals surface area contributed by atoms with Crippen LogP contribution in [0.4, 0.5) is 0 Å². The molecule has 0 saturated carbocycles. The fourth-order valence-electron chi connectivity index (χ4n) is 3.84. The molecule has 0 radical (unpaired) electrons. The highest BCUT2D eigenvalue weighted by molar-refractivity contribution is 7.12. The number of hydrogen-bond donors (Lipinski definition) is 0. The molecule has 2 heterocycles. The zero-order valence-corrected chi connectivity index (χ0v) is 20.2. The molecule has 2 aromatic carbocycles. The van der Waals surface area contributed by atoms with E-state index in [1.807, 2.05) is 28.1 Å². The number of ketones is 2. The topological polar surface area (TPSA) is 104 Å². The van der Waals surface area contributed by atoms with Gasteiger partial charge < -0.3 is 14.1 Å². The summed E-state index contributed by atoms with van der Waals surface area (Å²) < 4.78 is 7.13. The Morgan fingerprint density at radius 3 is 2.14 bits per heavy atom. The van der Waals surface area contributed by atoms with Gasteiger partial charge in [-0.05, 0) is 54.8 Å². The Labute approximate surface area is 204 Å². The van der Waals surface area contributed by atoms with E-state index in [2.05, 4.69) is 9.99 Å². The van der Waals surface area contributed by atoms with Crippen LogP contribution in [0.5, 0.6) is 0 Å². The van der Waals surface area contributed by atoms with Gasteiger partial charge in [-0.1, -0.05) is 11.2 Å². The third kappa shape index (κ3) is 5.04. The normalized spacial score (nSPS) is 11.6. The Balaban J connectivity index is 1.83. The fraction of sp³-hybridized carbons (Fsp3) is 0.192. The van der Waals surface area contributed by atoms with E-state index in [9.17, 15) is 19.2 Å². The lowest BCUT2D eigenvalue weighted by Crippen LogP contribution is -2.12. The lowest BCUT2D eigenvalue weighted by atomic mass is 10.0. The van der Waals surface area contributed by atoms with E-state index in [0.29, 0.717) is 22.5 Å². The first-order valence-corrected chi connectivity index (χ1v) is 11.7. The van der Waals surface area contributed by atoms with Crippen LogP contribution in [0.1, 0.15) is 46.4 Å². The SMILES string of the molecule is CC(=O)OCCn1c2ccc(C(=O)/C(C)=N/OC(C)=O)cc2c2cc(C(=O)c3cccs3)ccc21. The standard InChI is InChI=1S/C26H22N2O6S/c1-15(27-34-17(3)30)25(31)18-6-8-22-20(13-18)21-14-19(26(32)24-5-4-12-35-24)7-9-23(21)28(22)10-11-33-16(2)29/h4-9,12-14H,10-11H2,1-3H3/b27-15+. The van der Waals surface area contributed by atoms with Crippen LogP contribution in [0.15, 0.2) is 59.1 Å². The smallest absolute Gasteiger partial charge is 0.331 e. The van der Waals surface area contributed by atoms with Crippen molar-refractivity contribution in [1.29, 1.82) is 0 Å². The largest absolute Gasteiger partial charge is 0.464 e. The van der Waals surface area contributed by atoms with Gasteiger partial charge in [0.05, 0.1) is 11.4 Å². The lowest BCUT2D eigenvalue weighted by Gasteiger charge is -2.08. The highest BCUT2D eigenvalue weighted by Crippen LogP contribution is 2.32. The number of carbonyl (C=O) groups is 4. The molecule has 0 aliphatic carbocycles. The molecule has 0 aliphatic rings. The molecule has 0 saturated heterocycles. The summed E-state index contributed by atoms with van der Waals surface area (Å²) in [6.07, 6.45) is 0. The first-order valence-electron chi connectivity index (χ1n) is 10.8. The van der Waals surface area contributed by atoms with Crippen LogP contribution in [-0.2, 0) is 25.7 Å². The molecule has 178 valence electrons. The van der Waals surface area contributed by atoms with Crippen LogP contribution in [-0.4, -0.2) is 40.4 Å². The van der Waals surface area contributed by atoms with E-state index in [1.54, 1.807) is 30.3 Å². The summed E-state index contributed by atoms with van der Waals surface area (Å²) >= 11 is 1.37. The van der Waals surface area contributed by atoms with Crippen molar-refractivity contribution in [3.8, 4) is 0 Å². The second kappa shape index (κ2) is 10.0. The van der Waals surface area contributed by atoms with Gasteiger partial charge in [-0.15, -0.1) is 11.3 Å². The van der Waals surface area contributed by atoms with Crippen LogP contribution in [0.3, 0.4) is 0 Å². The number of ether oxygens (including phenoxy) is 1. The maximum Gasteiger partial charge on any atom is 0.331 e. The molecule has 4 aromatic rings. The maximum atomic E-state index is 13.0. The molecular weight excluding hydrogens is 468 g/mol. The highest BCUT2D eigenvalue weighted by Gasteiger charge is 2.18. The number of fused-ring (bicyclic) bond motifs is 3. The monoisotopic (exact) mass is 490 g/mol. The highest BCUT2D eigenvalue weighted by atomic mass is 32.1. The Morgan fingerprint density at radius 2 is 1.54 bits per heavy atom. The second-order valence-corrected chi connectivity index (χ2v) is 8.80.